The van der Waals surface area contributed by atoms with E-state index in [-0.39, 0.29) is 6.04 Å². The number of hydrogen-bond donors (Lipinski definition) is 2. The van der Waals surface area contributed by atoms with Crippen molar-refractivity contribution in [3.63, 3.8) is 0 Å². The van der Waals surface area contributed by atoms with Gasteiger partial charge < -0.3 is 10.4 Å². The summed E-state index contributed by atoms with van der Waals surface area (Å²) in [4.78, 5) is 0. The molecular weight excluding hydrogens is 266 g/mol. The van der Waals surface area contributed by atoms with Crippen molar-refractivity contribution in [1.82, 2.24) is 5.32 Å². The van der Waals surface area contributed by atoms with Crippen LogP contribution in [0.1, 0.15) is 32.8 Å². The van der Waals surface area contributed by atoms with Crippen LogP contribution in [0.4, 0.5) is 0 Å². The maximum absolute atomic E-state index is 10.7. The van der Waals surface area contributed by atoms with E-state index in [4.69, 9.17) is 0 Å². The van der Waals surface area contributed by atoms with Crippen LogP contribution in [0, 0.1) is 0 Å². The van der Waals surface area contributed by atoms with Crippen molar-refractivity contribution in [3.8, 4) is 0 Å². The topological polar surface area (TPSA) is 32.3 Å². The third kappa shape index (κ3) is 2.84. The van der Waals surface area contributed by atoms with Crippen LogP contribution in [0.25, 0.3) is 0 Å². The van der Waals surface area contributed by atoms with Crippen molar-refractivity contribution in [2.45, 2.75) is 38.8 Å². The number of hydrogen-bond acceptors (Lipinski definition) is 2. The largest absolute Gasteiger partial charge is 0.384 e. The second-order valence-corrected chi connectivity index (χ2v) is 4.98. The molecule has 1 aromatic carbocycles. The molecule has 90 valence electrons. The van der Waals surface area contributed by atoms with E-state index in [0.717, 1.165) is 16.6 Å². The Labute approximate surface area is 106 Å². The van der Waals surface area contributed by atoms with E-state index in [9.17, 15) is 5.11 Å². The lowest BCUT2D eigenvalue weighted by molar-refractivity contribution is -0.000839. The van der Waals surface area contributed by atoms with E-state index < -0.39 is 5.60 Å². The van der Waals surface area contributed by atoms with Crippen LogP contribution in [-0.2, 0) is 5.60 Å². The summed E-state index contributed by atoms with van der Waals surface area (Å²) in [7, 11) is 0. The van der Waals surface area contributed by atoms with Crippen LogP contribution < -0.4 is 5.32 Å². The van der Waals surface area contributed by atoms with Crippen molar-refractivity contribution in [1.29, 1.82) is 0 Å². The highest BCUT2D eigenvalue weighted by atomic mass is 79.9. The molecular formula is C13H20BrNO. The lowest BCUT2D eigenvalue weighted by Gasteiger charge is -2.34. The van der Waals surface area contributed by atoms with Gasteiger partial charge in [-0.2, -0.15) is 0 Å². The van der Waals surface area contributed by atoms with Gasteiger partial charge in [0.25, 0.3) is 0 Å². The van der Waals surface area contributed by atoms with Crippen LogP contribution >= 0.6 is 15.9 Å². The Morgan fingerprint density at radius 2 is 2.12 bits per heavy atom. The molecule has 2 unspecified atom stereocenters. The molecule has 0 radical (unpaired) electrons. The van der Waals surface area contributed by atoms with E-state index in [1.165, 1.54) is 0 Å². The normalized spacial score (nSPS) is 16.8. The second kappa shape index (κ2) is 5.80. The minimum atomic E-state index is -0.806. The highest BCUT2D eigenvalue weighted by Gasteiger charge is 2.33. The monoisotopic (exact) mass is 285 g/mol. The molecule has 2 nitrogen and oxygen atoms in total. The first-order valence-corrected chi connectivity index (χ1v) is 6.55. The molecule has 2 N–H and O–H groups in total. The van der Waals surface area contributed by atoms with Gasteiger partial charge in [0.1, 0.15) is 5.60 Å². The summed E-state index contributed by atoms with van der Waals surface area (Å²) < 4.78 is 1.00. The molecule has 0 aliphatic carbocycles. The van der Waals surface area contributed by atoms with Gasteiger partial charge in [0, 0.05) is 10.5 Å². The van der Waals surface area contributed by atoms with Crippen LogP contribution in [0.2, 0.25) is 0 Å². The minimum absolute atomic E-state index is 0.0387. The van der Waals surface area contributed by atoms with Crippen molar-refractivity contribution in [2.75, 3.05) is 6.54 Å². The van der Waals surface area contributed by atoms with Gasteiger partial charge in [-0.25, -0.2) is 0 Å². The van der Waals surface area contributed by atoms with Gasteiger partial charge in [-0.05, 0) is 37.6 Å². The molecule has 0 spiro atoms. The fourth-order valence-corrected chi connectivity index (χ4v) is 2.39. The number of likely N-dealkylation sites (N-methyl/N-ethyl adjacent to an activating group) is 1. The van der Waals surface area contributed by atoms with Gasteiger partial charge in [-0.1, -0.05) is 41.9 Å². The second-order valence-electron chi connectivity index (χ2n) is 4.07. The Morgan fingerprint density at radius 1 is 1.44 bits per heavy atom. The molecule has 3 heteroatoms. The van der Waals surface area contributed by atoms with Crippen LogP contribution in [0.3, 0.4) is 0 Å². The van der Waals surface area contributed by atoms with Gasteiger partial charge in [0.15, 0.2) is 0 Å². The lowest BCUT2D eigenvalue weighted by atomic mass is 9.85. The van der Waals surface area contributed by atoms with Crippen LogP contribution in [-0.4, -0.2) is 17.7 Å². The summed E-state index contributed by atoms with van der Waals surface area (Å²) in [5.41, 5.74) is 0.151. The molecule has 0 amide bonds. The Kier molecular flexibility index (Phi) is 4.96. The average molecular weight is 286 g/mol. The highest BCUT2D eigenvalue weighted by molar-refractivity contribution is 9.10. The molecule has 0 saturated carbocycles. The van der Waals surface area contributed by atoms with Crippen molar-refractivity contribution < 1.29 is 5.11 Å². The summed E-state index contributed by atoms with van der Waals surface area (Å²) in [6.07, 6.45) is 0.692. The Balaban J connectivity index is 3.04. The van der Waals surface area contributed by atoms with E-state index in [0.29, 0.717) is 6.42 Å². The summed E-state index contributed by atoms with van der Waals surface area (Å²) in [5.74, 6) is 0. The summed E-state index contributed by atoms with van der Waals surface area (Å²) in [5, 5.41) is 14.0. The number of aliphatic hydroxyl groups is 1. The highest BCUT2D eigenvalue weighted by Crippen LogP contribution is 2.30. The van der Waals surface area contributed by atoms with Crippen LogP contribution in [0.15, 0.2) is 28.7 Å². The molecule has 1 aromatic rings. The van der Waals surface area contributed by atoms with Crippen molar-refractivity contribution in [2.24, 2.45) is 0 Å². The Morgan fingerprint density at radius 3 is 2.62 bits per heavy atom. The molecule has 0 aliphatic rings. The fraction of sp³-hybridized carbons (Fsp3) is 0.538. The third-order valence-electron chi connectivity index (χ3n) is 3.09. The standard InChI is InChI=1S/C13H20BrNO/c1-4-13(16,10(3)15-5-2)11-7-6-8-12(14)9-11/h6-10,15-16H,4-5H2,1-3H3. The molecule has 16 heavy (non-hydrogen) atoms. The van der Waals surface area contributed by atoms with E-state index in [1.807, 2.05) is 45.0 Å². The zero-order valence-corrected chi connectivity index (χ0v) is 11.7. The van der Waals surface area contributed by atoms with Gasteiger partial charge >= 0.3 is 0 Å². The van der Waals surface area contributed by atoms with Crippen LogP contribution in [0.5, 0.6) is 0 Å². The maximum Gasteiger partial charge on any atom is 0.104 e. The smallest absolute Gasteiger partial charge is 0.104 e. The molecule has 0 aliphatic heterocycles. The number of rotatable bonds is 5. The molecule has 0 heterocycles. The van der Waals surface area contributed by atoms with Gasteiger partial charge in [0.2, 0.25) is 0 Å². The predicted molar refractivity (Wildman–Crippen MR) is 71.5 cm³/mol. The SMILES string of the molecule is CCNC(C)C(O)(CC)c1cccc(Br)c1. The predicted octanol–water partition coefficient (Wildman–Crippen LogP) is 3.04. The van der Waals surface area contributed by atoms with E-state index >= 15 is 0 Å². The summed E-state index contributed by atoms with van der Waals surface area (Å²) in [6, 6.07) is 7.92. The lowest BCUT2D eigenvalue weighted by Crippen LogP contribution is -2.46. The molecule has 1 rings (SSSR count). The summed E-state index contributed by atoms with van der Waals surface area (Å²) in [6.45, 7) is 6.94. The number of nitrogens with one attached hydrogen (secondary N) is 1. The zero-order valence-electron chi connectivity index (χ0n) is 10.1. The molecule has 0 saturated heterocycles. The molecule has 0 fully saturated rings. The average Bonchev–Trinajstić information content (AvgIpc) is 2.28. The van der Waals surface area contributed by atoms with E-state index in [2.05, 4.69) is 21.2 Å². The van der Waals surface area contributed by atoms with Gasteiger partial charge in [-0.3, -0.25) is 0 Å². The van der Waals surface area contributed by atoms with Crippen molar-refractivity contribution in [3.05, 3.63) is 34.3 Å². The number of benzene rings is 1. The first-order valence-electron chi connectivity index (χ1n) is 5.76. The molecule has 0 aromatic heterocycles. The Bertz CT molecular complexity index is 342. The molecule has 2 atom stereocenters. The fourth-order valence-electron chi connectivity index (χ4n) is 1.99. The number of halogens is 1. The van der Waals surface area contributed by atoms with Gasteiger partial charge in [-0.15, -0.1) is 0 Å². The molecule has 0 bridgehead atoms. The first kappa shape index (κ1) is 13.7. The van der Waals surface area contributed by atoms with Gasteiger partial charge in [0.05, 0.1) is 0 Å². The maximum atomic E-state index is 10.7. The first-order chi connectivity index (χ1) is 7.54. The van der Waals surface area contributed by atoms with E-state index in [1.54, 1.807) is 0 Å². The minimum Gasteiger partial charge on any atom is -0.384 e. The summed E-state index contributed by atoms with van der Waals surface area (Å²) >= 11 is 3.44. The zero-order chi connectivity index (χ0) is 12.2. The Hall–Kier alpha value is -0.380. The van der Waals surface area contributed by atoms with Crippen molar-refractivity contribution >= 4 is 15.9 Å². The third-order valence-corrected chi connectivity index (χ3v) is 3.58. The quantitative estimate of drug-likeness (QED) is 0.872.